The minimum Gasteiger partial charge on any atom is -0.192 e. The molecule has 0 unspecified atom stereocenters. The van der Waals surface area contributed by atoms with Crippen molar-refractivity contribution in [2.24, 2.45) is 0 Å². The van der Waals surface area contributed by atoms with E-state index in [0.29, 0.717) is 5.92 Å². The van der Waals surface area contributed by atoms with Crippen molar-refractivity contribution < 1.29 is 0 Å². The third-order valence-corrected chi connectivity index (χ3v) is 4.33. The van der Waals surface area contributed by atoms with Gasteiger partial charge in [0, 0.05) is 0 Å². The molecule has 0 aromatic heterocycles. The van der Waals surface area contributed by atoms with Crippen molar-refractivity contribution in [2.75, 3.05) is 0 Å². The topological polar surface area (TPSA) is 23.8 Å². The molecule has 0 N–H and O–H groups in total. The standard InChI is InChI=1S/C19H19N/c20-14-18-13-17(15-7-3-1-4-8-15)11-12-19(18)16-9-5-2-6-10-16/h1,3-4,7-8,11-13,16H,2,5-6,9-10H2. The molecule has 1 nitrogen and oxygen atoms in total. The van der Waals surface area contributed by atoms with Crippen molar-refractivity contribution >= 4 is 0 Å². The van der Waals surface area contributed by atoms with Gasteiger partial charge in [0.15, 0.2) is 0 Å². The van der Waals surface area contributed by atoms with Crippen LogP contribution in [0.5, 0.6) is 0 Å². The molecule has 0 spiro atoms. The Morgan fingerprint density at radius 1 is 0.850 bits per heavy atom. The second-order valence-corrected chi connectivity index (χ2v) is 5.61. The number of rotatable bonds is 2. The zero-order valence-corrected chi connectivity index (χ0v) is 11.7. The van der Waals surface area contributed by atoms with Crippen LogP contribution in [0.25, 0.3) is 11.1 Å². The van der Waals surface area contributed by atoms with E-state index in [0.717, 1.165) is 11.1 Å². The molecule has 1 aliphatic carbocycles. The first kappa shape index (κ1) is 12.9. The fourth-order valence-corrected chi connectivity index (χ4v) is 3.23. The summed E-state index contributed by atoms with van der Waals surface area (Å²) < 4.78 is 0. The lowest BCUT2D eigenvalue weighted by molar-refractivity contribution is 0.443. The molecule has 1 fully saturated rings. The summed E-state index contributed by atoms with van der Waals surface area (Å²) in [6.45, 7) is 0. The number of hydrogen-bond donors (Lipinski definition) is 0. The fourth-order valence-electron chi connectivity index (χ4n) is 3.23. The molecule has 0 atom stereocenters. The van der Waals surface area contributed by atoms with E-state index in [2.05, 4.69) is 36.4 Å². The predicted molar refractivity (Wildman–Crippen MR) is 82.4 cm³/mol. The summed E-state index contributed by atoms with van der Waals surface area (Å²) in [6, 6.07) is 19.1. The average Bonchev–Trinajstić information content (AvgIpc) is 2.56. The van der Waals surface area contributed by atoms with E-state index >= 15 is 0 Å². The highest BCUT2D eigenvalue weighted by Gasteiger charge is 2.18. The number of nitriles is 1. The summed E-state index contributed by atoms with van der Waals surface area (Å²) in [5.74, 6) is 0.586. The van der Waals surface area contributed by atoms with Gasteiger partial charge in [0.05, 0.1) is 11.6 Å². The first-order valence-corrected chi connectivity index (χ1v) is 7.48. The highest BCUT2D eigenvalue weighted by atomic mass is 14.3. The minimum absolute atomic E-state index is 0.586. The Labute approximate surface area is 120 Å². The normalized spacial score (nSPS) is 15.8. The van der Waals surface area contributed by atoms with Gasteiger partial charge in [0.1, 0.15) is 0 Å². The maximum atomic E-state index is 9.47. The second kappa shape index (κ2) is 5.92. The Bertz CT molecular complexity index is 616. The molecule has 3 rings (SSSR count). The van der Waals surface area contributed by atoms with Crippen LogP contribution in [-0.4, -0.2) is 0 Å². The van der Waals surface area contributed by atoms with E-state index < -0.39 is 0 Å². The third kappa shape index (κ3) is 2.60. The molecular weight excluding hydrogens is 242 g/mol. The average molecular weight is 261 g/mol. The summed E-state index contributed by atoms with van der Waals surface area (Å²) in [4.78, 5) is 0. The third-order valence-electron chi connectivity index (χ3n) is 4.33. The Morgan fingerprint density at radius 2 is 1.60 bits per heavy atom. The molecule has 2 aromatic carbocycles. The molecule has 0 radical (unpaired) electrons. The molecule has 100 valence electrons. The first-order chi connectivity index (χ1) is 9.88. The maximum Gasteiger partial charge on any atom is 0.0994 e. The van der Waals surface area contributed by atoms with Gasteiger partial charge in [-0.15, -0.1) is 0 Å². The maximum absolute atomic E-state index is 9.47. The summed E-state index contributed by atoms with van der Waals surface area (Å²) in [7, 11) is 0. The second-order valence-electron chi connectivity index (χ2n) is 5.61. The molecule has 0 aliphatic heterocycles. The Morgan fingerprint density at radius 3 is 2.30 bits per heavy atom. The van der Waals surface area contributed by atoms with Crippen LogP contribution in [0.3, 0.4) is 0 Å². The van der Waals surface area contributed by atoms with Crippen molar-refractivity contribution in [3.8, 4) is 17.2 Å². The molecule has 1 saturated carbocycles. The molecule has 0 heterocycles. The van der Waals surface area contributed by atoms with E-state index in [1.165, 1.54) is 43.2 Å². The van der Waals surface area contributed by atoms with Crippen LogP contribution >= 0.6 is 0 Å². The van der Waals surface area contributed by atoms with Gasteiger partial charge in [-0.2, -0.15) is 5.26 Å². The lowest BCUT2D eigenvalue weighted by Gasteiger charge is -2.23. The quantitative estimate of drug-likeness (QED) is 0.722. The van der Waals surface area contributed by atoms with Crippen molar-refractivity contribution in [3.63, 3.8) is 0 Å². The van der Waals surface area contributed by atoms with Gasteiger partial charge in [-0.3, -0.25) is 0 Å². The zero-order chi connectivity index (χ0) is 13.8. The lowest BCUT2D eigenvalue weighted by Crippen LogP contribution is -2.06. The molecule has 0 amide bonds. The highest BCUT2D eigenvalue weighted by molar-refractivity contribution is 5.66. The molecule has 0 bridgehead atoms. The van der Waals surface area contributed by atoms with Gasteiger partial charge in [-0.1, -0.05) is 61.7 Å². The van der Waals surface area contributed by atoms with Crippen molar-refractivity contribution in [2.45, 2.75) is 38.0 Å². The van der Waals surface area contributed by atoms with Crippen LogP contribution < -0.4 is 0 Å². The Balaban J connectivity index is 1.96. The van der Waals surface area contributed by atoms with Crippen LogP contribution in [0, 0.1) is 11.3 Å². The zero-order valence-electron chi connectivity index (χ0n) is 11.7. The van der Waals surface area contributed by atoms with E-state index in [4.69, 9.17) is 0 Å². The van der Waals surface area contributed by atoms with E-state index in [-0.39, 0.29) is 0 Å². The van der Waals surface area contributed by atoms with Crippen LogP contribution in [0.15, 0.2) is 48.5 Å². The Kier molecular flexibility index (Phi) is 3.83. The summed E-state index contributed by atoms with van der Waals surface area (Å²) in [5.41, 5.74) is 4.44. The predicted octanol–water partition coefficient (Wildman–Crippen LogP) is 5.27. The van der Waals surface area contributed by atoms with Crippen molar-refractivity contribution in [3.05, 3.63) is 59.7 Å². The largest absolute Gasteiger partial charge is 0.192 e. The van der Waals surface area contributed by atoms with Gasteiger partial charge in [0.2, 0.25) is 0 Å². The SMILES string of the molecule is N#Cc1cc(-c2ccccc2)ccc1C1CCCCC1. The smallest absolute Gasteiger partial charge is 0.0994 e. The van der Waals surface area contributed by atoms with Crippen LogP contribution in [0.4, 0.5) is 0 Å². The molecule has 1 heteroatoms. The van der Waals surface area contributed by atoms with E-state index in [1.54, 1.807) is 0 Å². The van der Waals surface area contributed by atoms with Crippen LogP contribution in [0.2, 0.25) is 0 Å². The van der Waals surface area contributed by atoms with Gasteiger partial charge in [-0.05, 0) is 41.5 Å². The van der Waals surface area contributed by atoms with Gasteiger partial charge in [0.25, 0.3) is 0 Å². The summed E-state index contributed by atoms with van der Waals surface area (Å²) in [5, 5.41) is 9.47. The molecule has 0 saturated heterocycles. The minimum atomic E-state index is 0.586. The monoisotopic (exact) mass is 261 g/mol. The molecular formula is C19H19N. The van der Waals surface area contributed by atoms with Crippen LogP contribution in [0.1, 0.15) is 49.1 Å². The Hall–Kier alpha value is -2.07. The van der Waals surface area contributed by atoms with Gasteiger partial charge >= 0.3 is 0 Å². The highest BCUT2D eigenvalue weighted by Crippen LogP contribution is 2.35. The number of benzene rings is 2. The van der Waals surface area contributed by atoms with Crippen molar-refractivity contribution in [1.82, 2.24) is 0 Å². The van der Waals surface area contributed by atoms with E-state index in [1.807, 2.05) is 18.2 Å². The summed E-state index contributed by atoms with van der Waals surface area (Å²) >= 11 is 0. The fraction of sp³-hybridized carbons (Fsp3) is 0.316. The lowest BCUT2D eigenvalue weighted by atomic mass is 9.81. The number of nitrogens with zero attached hydrogens (tertiary/aromatic N) is 1. The molecule has 20 heavy (non-hydrogen) atoms. The van der Waals surface area contributed by atoms with Gasteiger partial charge < -0.3 is 0 Å². The van der Waals surface area contributed by atoms with Crippen molar-refractivity contribution in [1.29, 1.82) is 5.26 Å². The molecule has 1 aliphatic rings. The first-order valence-electron chi connectivity index (χ1n) is 7.48. The van der Waals surface area contributed by atoms with Crippen LogP contribution in [-0.2, 0) is 0 Å². The molecule has 2 aromatic rings. The summed E-state index contributed by atoms with van der Waals surface area (Å²) in [6.07, 6.45) is 6.42. The van der Waals surface area contributed by atoms with E-state index in [9.17, 15) is 5.26 Å². The number of hydrogen-bond acceptors (Lipinski definition) is 1. The van der Waals surface area contributed by atoms with Gasteiger partial charge in [-0.25, -0.2) is 0 Å².